The Morgan fingerprint density at radius 3 is 2.87 bits per heavy atom. The molecule has 0 aliphatic heterocycles. The lowest BCUT2D eigenvalue weighted by Crippen LogP contribution is -2.30. The number of fused-ring (bicyclic) bond motifs is 1. The third-order valence-corrected chi connectivity index (χ3v) is 5.80. The van der Waals surface area contributed by atoms with Gasteiger partial charge in [-0.25, -0.2) is 0 Å². The predicted octanol–water partition coefficient (Wildman–Crippen LogP) is 2.69. The fourth-order valence-corrected chi connectivity index (χ4v) is 4.02. The van der Waals surface area contributed by atoms with Gasteiger partial charge in [0, 0.05) is 24.5 Å². The molecule has 30 heavy (non-hydrogen) atoms. The van der Waals surface area contributed by atoms with Crippen LogP contribution in [0.1, 0.15) is 40.2 Å². The van der Waals surface area contributed by atoms with Crippen LogP contribution in [-0.2, 0) is 7.05 Å². The SMILES string of the molecule is CSCC[C@H](NC(=O)c1cc(-c2c(C)nn(C)c2C)n[nH]1)c1nnc2ccccn12. The van der Waals surface area contributed by atoms with Crippen molar-refractivity contribution in [3.63, 3.8) is 0 Å². The highest BCUT2D eigenvalue weighted by atomic mass is 32.2. The van der Waals surface area contributed by atoms with Crippen molar-refractivity contribution in [3.05, 3.63) is 53.4 Å². The van der Waals surface area contributed by atoms with Crippen molar-refractivity contribution < 1.29 is 4.79 Å². The molecule has 4 aromatic heterocycles. The molecule has 4 aromatic rings. The number of amides is 1. The van der Waals surface area contributed by atoms with Gasteiger partial charge in [-0.1, -0.05) is 6.07 Å². The van der Waals surface area contributed by atoms with Gasteiger partial charge in [0.1, 0.15) is 5.69 Å². The van der Waals surface area contributed by atoms with E-state index >= 15 is 0 Å². The van der Waals surface area contributed by atoms with Crippen LogP contribution in [0.5, 0.6) is 0 Å². The summed E-state index contributed by atoms with van der Waals surface area (Å²) in [5, 5.41) is 23.3. The fourth-order valence-electron chi connectivity index (χ4n) is 3.55. The average Bonchev–Trinajstić information content (AvgIpc) is 3.43. The lowest BCUT2D eigenvalue weighted by molar-refractivity contribution is 0.0928. The zero-order chi connectivity index (χ0) is 21.3. The lowest BCUT2D eigenvalue weighted by atomic mass is 10.1. The van der Waals surface area contributed by atoms with Crippen molar-refractivity contribution in [1.29, 1.82) is 0 Å². The summed E-state index contributed by atoms with van der Waals surface area (Å²) >= 11 is 1.72. The van der Waals surface area contributed by atoms with Crippen LogP contribution in [0.25, 0.3) is 16.9 Å². The summed E-state index contributed by atoms with van der Waals surface area (Å²) in [4.78, 5) is 13.0. The van der Waals surface area contributed by atoms with Gasteiger partial charge in [-0.2, -0.15) is 22.0 Å². The number of H-pyrrole nitrogens is 1. The van der Waals surface area contributed by atoms with Crippen LogP contribution < -0.4 is 5.32 Å². The number of carbonyl (C=O) groups excluding carboxylic acids is 1. The molecule has 0 bridgehead atoms. The van der Waals surface area contributed by atoms with Crippen molar-refractivity contribution in [2.75, 3.05) is 12.0 Å². The third-order valence-electron chi connectivity index (χ3n) is 5.16. The smallest absolute Gasteiger partial charge is 0.269 e. The highest BCUT2D eigenvalue weighted by Crippen LogP contribution is 2.25. The predicted molar refractivity (Wildman–Crippen MR) is 116 cm³/mol. The van der Waals surface area contributed by atoms with Crippen LogP contribution in [0, 0.1) is 13.8 Å². The van der Waals surface area contributed by atoms with Gasteiger partial charge in [0.15, 0.2) is 11.5 Å². The molecule has 0 aliphatic rings. The number of carbonyl (C=O) groups is 1. The summed E-state index contributed by atoms with van der Waals surface area (Å²) in [7, 11) is 1.89. The number of thioether (sulfide) groups is 1. The summed E-state index contributed by atoms with van der Waals surface area (Å²) < 4.78 is 3.72. The molecule has 0 aliphatic carbocycles. The molecule has 0 unspecified atom stereocenters. The van der Waals surface area contributed by atoms with Gasteiger partial charge in [-0.15, -0.1) is 10.2 Å². The van der Waals surface area contributed by atoms with E-state index < -0.39 is 0 Å². The van der Waals surface area contributed by atoms with E-state index in [1.165, 1.54) is 0 Å². The molecular weight excluding hydrogens is 400 g/mol. The van der Waals surface area contributed by atoms with E-state index in [1.807, 2.05) is 60.6 Å². The van der Waals surface area contributed by atoms with Gasteiger partial charge in [0.05, 0.1) is 17.4 Å². The highest BCUT2D eigenvalue weighted by molar-refractivity contribution is 7.98. The molecule has 2 N–H and O–H groups in total. The second kappa shape index (κ2) is 8.31. The summed E-state index contributed by atoms with van der Waals surface area (Å²) in [5.74, 6) is 1.37. The number of pyridine rings is 1. The molecule has 156 valence electrons. The second-order valence-corrected chi connectivity index (χ2v) is 8.12. The monoisotopic (exact) mass is 424 g/mol. The third kappa shape index (κ3) is 3.70. The first-order valence-corrected chi connectivity index (χ1v) is 11.0. The number of aromatic nitrogens is 7. The first-order valence-electron chi connectivity index (χ1n) is 9.65. The Kier molecular flexibility index (Phi) is 5.58. The Balaban J connectivity index is 1.60. The maximum Gasteiger partial charge on any atom is 0.269 e. The molecule has 10 heteroatoms. The Morgan fingerprint density at radius 2 is 2.13 bits per heavy atom. The van der Waals surface area contributed by atoms with Crippen molar-refractivity contribution in [3.8, 4) is 11.3 Å². The van der Waals surface area contributed by atoms with Crippen LogP contribution in [0.15, 0.2) is 30.5 Å². The van der Waals surface area contributed by atoms with Crippen LogP contribution in [0.2, 0.25) is 0 Å². The van der Waals surface area contributed by atoms with Crippen LogP contribution in [0.4, 0.5) is 0 Å². The van der Waals surface area contributed by atoms with Gasteiger partial charge >= 0.3 is 0 Å². The maximum absolute atomic E-state index is 13.0. The summed E-state index contributed by atoms with van der Waals surface area (Å²) in [6.45, 7) is 3.92. The Bertz CT molecular complexity index is 1190. The Morgan fingerprint density at radius 1 is 1.30 bits per heavy atom. The number of hydrogen-bond acceptors (Lipinski definition) is 6. The van der Waals surface area contributed by atoms with Crippen LogP contribution in [0.3, 0.4) is 0 Å². The molecule has 0 saturated carbocycles. The number of nitrogens with one attached hydrogen (secondary N) is 2. The molecule has 4 heterocycles. The van der Waals surface area contributed by atoms with E-state index in [9.17, 15) is 4.79 Å². The first-order chi connectivity index (χ1) is 14.5. The Labute approximate surface area is 178 Å². The maximum atomic E-state index is 13.0. The largest absolute Gasteiger partial charge is 0.341 e. The van der Waals surface area contributed by atoms with Crippen molar-refractivity contribution in [2.45, 2.75) is 26.3 Å². The number of hydrogen-bond donors (Lipinski definition) is 2. The van der Waals surface area contributed by atoms with Gasteiger partial charge in [0.25, 0.3) is 5.91 Å². The molecule has 1 amide bonds. The van der Waals surface area contributed by atoms with Gasteiger partial charge in [-0.05, 0) is 50.5 Å². The normalized spacial score (nSPS) is 12.4. The molecule has 1 atom stereocenters. The van der Waals surface area contributed by atoms with E-state index in [0.717, 1.165) is 34.8 Å². The number of aryl methyl sites for hydroxylation is 2. The van der Waals surface area contributed by atoms with Gasteiger partial charge < -0.3 is 5.32 Å². The summed E-state index contributed by atoms with van der Waals surface area (Å²) in [6.07, 6.45) is 4.69. The van der Waals surface area contributed by atoms with E-state index in [-0.39, 0.29) is 11.9 Å². The topological polar surface area (TPSA) is 106 Å². The first kappa shape index (κ1) is 20.1. The van der Waals surface area contributed by atoms with E-state index in [4.69, 9.17) is 0 Å². The van der Waals surface area contributed by atoms with Gasteiger partial charge in [-0.3, -0.25) is 19.0 Å². The molecule has 0 saturated heterocycles. The minimum absolute atomic E-state index is 0.230. The summed E-state index contributed by atoms with van der Waals surface area (Å²) in [6, 6.07) is 7.23. The zero-order valence-electron chi connectivity index (χ0n) is 17.4. The zero-order valence-corrected chi connectivity index (χ0v) is 18.2. The number of aromatic amines is 1. The molecule has 4 rings (SSSR count). The molecule has 0 spiro atoms. The highest BCUT2D eigenvalue weighted by Gasteiger charge is 2.23. The molecule has 0 radical (unpaired) electrons. The lowest BCUT2D eigenvalue weighted by Gasteiger charge is -2.16. The quantitative estimate of drug-likeness (QED) is 0.472. The van der Waals surface area contributed by atoms with Crippen molar-refractivity contribution in [1.82, 2.24) is 39.9 Å². The number of rotatable bonds is 7. The summed E-state index contributed by atoms with van der Waals surface area (Å²) in [5.41, 5.74) is 4.67. The van der Waals surface area contributed by atoms with Crippen molar-refractivity contribution >= 4 is 23.3 Å². The molecule has 0 fully saturated rings. The van der Waals surface area contributed by atoms with Crippen LogP contribution >= 0.6 is 11.8 Å². The minimum atomic E-state index is -0.268. The van der Waals surface area contributed by atoms with E-state index in [1.54, 1.807) is 17.8 Å². The second-order valence-electron chi connectivity index (χ2n) is 7.13. The van der Waals surface area contributed by atoms with Crippen molar-refractivity contribution in [2.24, 2.45) is 7.05 Å². The fraction of sp³-hybridized carbons (Fsp3) is 0.350. The molecule has 9 nitrogen and oxygen atoms in total. The number of nitrogens with zero attached hydrogens (tertiary/aromatic N) is 6. The van der Waals surface area contributed by atoms with Crippen LogP contribution in [-0.4, -0.2) is 52.5 Å². The van der Waals surface area contributed by atoms with Gasteiger partial charge in [0.2, 0.25) is 0 Å². The molecular formula is C20H24N8OS. The average molecular weight is 425 g/mol. The van der Waals surface area contributed by atoms with E-state index in [2.05, 4.69) is 30.8 Å². The minimum Gasteiger partial charge on any atom is -0.341 e. The molecule has 0 aromatic carbocycles. The van der Waals surface area contributed by atoms with E-state index in [0.29, 0.717) is 17.2 Å². The Hall–Kier alpha value is -3.14. The standard InChI is InChI=1S/C20H24N8OS/c1-12-18(13(2)27(3)26-12)15-11-16(23-22-15)20(29)21-14(8-10-30-4)19-25-24-17-7-5-6-9-28(17)19/h5-7,9,11,14H,8,10H2,1-4H3,(H,21,29)(H,22,23)/t14-/m0/s1.